The molecule has 0 atom stereocenters. The monoisotopic (exact) mass is 513 g/mol. The summed E-state index contributed by atoms with van der Waals surface area (Å²) in [4.78, 5) is 19.9. The van der Waals surface area contributed by atoms with Crippen LogP contribution in [0.3, 0.4) is 0 Å². The summed E-state index contributed by atoms with van der Waals surface area (Å²) < 4.78 is 6.25. The zero-order chi connectivity index (χ0) is 26.4. The standard InChI is InChI=1S/C31H27N7O/c32-20-28-34-17-13-27(36-28)35-25-14-18-38(19-15-25)21-22-9-11-23(12-10-22)29-30(24-6-2-1-3-7-24)39-31(37-29)26-8-4-5-16-33-26/h1-13,16-17,25H,14-15,18-19,21H2,(H,34,35,36). The van der Waals surface area contributed by atoms with E-state index < -0.39 is 0 Å². The molecular formula is C31H27N7O. The summed E-state index contributed by atoms with van der Waals surface area (Å²) in [5.41, 5.74) is 4.76. The topological polar surface area (TPSA) is 104 Å². The zero-order valence-electron chi connectivity index (χ0n) is 21.4. The molecule has 0 spiro atoms. The largest absolute Gasteiger partial charge is 0.434 e. The van der Waals surface area contributed by atoms with E-state index >= 15 is 0 Å². The molecule has 0 unspecified atom stereocenters. The van der Waals surface area contributed by atoms with Gasteiger partial charge in [-0.15, -0.1) is 0 Å². The van der Waals surface area contributed by atoms with Gasteiger partial charge >= 0.3 is 0 Å². The molecule has 1 N–H and O–H groups in total. The second kappa shape index (κ2) is 11.3. The van der Waals surface area contributed by atoms with E-state index in [-0.39, 0.29) is 5.82 Å². The predicted molar refractivity (Wildman–Crippen MR) is 149 cm³/mol. The molecule has 8 heteroatoms. The van der Waals surface area contributed by atoms with Crippen LogP contribution in [0.15, 0.2) is 95.7 Å². The molecule has 6 rings (SSSR count). The van der Waals surface area contributed by atoms with Crippen LogP contribution in [-0.2, 0) is 6.54 Å². The van der Waals surface area contributed by atoms with Gasteiger partial charge < -0.3 is 9.73 Å². The lowest BCUT2D eigenvalue weighted by atomic mass is 10.0. The van der Waals surface area contributed by atoms with Crippen LogP contribution in [0.25, 0.3) is 34.2 Å². The molecule has 0 radical (unpaired) electrons. The third-order valence-electron chi connectivity index (χ3n) is 6.88. The zero-order valence-corrected chi connectivity index (χ0v) is 21.4. The summed E-state index contributed by atoms with van der Waals surface area (Å²) in [5, 5.41) is 12.5. The van der Waals surface area contributed by atoms with Crippen LogP contribution in [0.1, 0.15) is 24.2 Å². The molecule has 3 aromatic heterocycles. The van der Waals surface area contributed by atoms with Crippen LogP contribution < -0.4 is 5.32 Å². The van der Waals surface area contributed by atoms with Crippen molar-refractivity contribution in [3.8, 4) is 40.2 Å². The van der Waals surface area contributed by atoms with Gasteiger partial charge in [0.15, 0.2) is 5.76 Å². The van der Waals surface area contributed by atoms with Crippen molar-refractivity contribution in [2.24, 2.45) is 0 Å². The molecule has 1 aliphatic rings. The van der Waals surface area contributed by atoms with Crippen molar-refractivity contribution in [2.75, 3.05) is 18.4 Å². The molecule has 39 heavy (non-hydrogen) atoms. The van der Waals surface area contributed by atoms with E-state index in [1.54, 1.807) is 12.4 Å². The number of hydrogen-bond donors (Lipinski definition) is 1. The van der Waals surface area contributed by atoms with E-state index in [1.165, 1.54) is 5.56 Å². The fourth-order valence-electron chi connectivity index (χ4n) is 4.86. The maximum absolute atomic E-state index is 9.02. The first-order chi connectivity index (χ1) is 19.2. The number of nitrogens with zero attached hydrogens (tertiary/aromatic N) is 6. The lowest BCUT2D eigenvalue weighted by Gasteiger charge is -2.32. The Morgan fingerprint density at radius 3 is 2.38 bits per heavy atom. The fraction of sp³-hybridized carbons (Fsp3) is 0.194. The van der Waals surface area contributed by atoms with Gasteiger partial charge in [0.1, 0.15) is 23.3 Å². The van der Waals surface area contributed by atoms with Crippen molar-refractivity contribution in [2.45, 2.75) is 25.4 Å². The van der Waals surface area contributed by atoms with Crippen molar-refractivity contribution in [1.29, 1.82) is 5.26 Å². The van der Waals surface area contributed by atoms with Gasteiger partial charge in [-0.2, -0.15) is 5.26 Å². The maximum Gasteiger partial charge on any atom is 0.246 e. The Balaban J connectivity index is 1.14. The first-order valence-electron chi connectivity index (χ1n) is 13.0. The van der Waals surface area contributed by atoms with Crippen molar-refractivity contribution >= 4 is 5.82 Å². The highest BCUT2D eigenvalue weighted by atomic mass is 16.4. The Morgan fingerprint density at radius 1 is 0.846 bits per heavy atom. The van der Waals surface area contributed by atoms with Crippen molar-refractivity contribution < 1.29 is 4.42 Å². The number of piperidine rings is 1. The maximum atomic E-state index is 9.02. The molecule has 0 aliphatic carbocycles. The highest BCUT2D eigenvalue weighted by molar-refractivity contribution is 5.78. The van der Waals surface area contributed by atoms with E-state index in [2.05, 4.69) is 49.4 Å². The van der Waals surface area contributed by atoms with Crippen LogP contribution >= 0.6 is 0 Å². The van der Waals surface area contributed by atoms with Crippen LogP contribution in [-0.4, -0.2) is 44.0 Å². The van der Waals surface area contributed by atoms with E-state index in [0.29, 0.717) is 23.4 Å². The number of benzene rings is 2. The first kappa shape index (κ1) is 24.5. The SMILES string of the molecule is N#Cc1nccc(NC2CCN(Cc3ccc(-c4nc(-c5ccccn5)oc4-c4ccccc4)cc3)CC2)n1. The molecule has 1 saturated heterocycles. The number of nitrogens with one attached hydrogen (secondary N) is 1. The Labute approximate surface area is 227 Å². The lowest BCUT2D eigenvalue weighted by Crippen LogP contribution is -2.38. The normalized spacial score (nSPS) is 14.1. The Bertz CT molecular complexity index is 1570. The number of rotatable bonds is 7. The van der Waals surface area contributed by atoms with Crippen LogP contribution in [0, 0.1) is 11.3 Å². The van der Waals surface area contributed by atoms with Crippen molar-refractivity contribution in [3.05, 3.63) is 103 Å². The minimum absolute atomic E-state index is 0.190. The lowest BCUT2D eigenvalue weighted by molar-refractivity contribution is 0.211. The summed E-state index contributed by atoms with van der Waals surface area (Å²) in [6.07, 6.45) is 5.39. The first-order valence-corrected chi connectivity index (χ1v) is 13.0. The van der Waals surface area contributed by atoms with Gasteiger partial charge in [-0.3, -0.25) is 9.88 Å². The molecule has 8 nitrogen and oxygen atoms in total. The van der Waals surface area contributed by atoms with Gasteiger partial charge in [-0.25, -0.2) is 15.0 Å². The van der Waals surface area contributed by atoms with Crippen molar-refractivity contribution in [3.63, 3.8) is 0 Å². The average Bonchev–Trinajstić information content (AvgIpc) is 3.45. The summed E-state index contributed by atoms with van der Waals surface area (Å²) in [6, 6.07) is 28.5. The van der Waals surface area contributed by atoms with E-state index in [1.807, 2.05) is 60.7 Å². The third kappa shape index (κ3) is 5.69. The fourth-order valence-corrected chi connectivity index (χ4v) is 4.86. The molecule has 0 saturated carbocycles. The van der Waals surface area contributed by atoms with Gasteiger partial charge in [-0.1, -0.05) is 60.7 Å². The number of aromatic nitrogens is 4. The number of pyridine rings is 1. The highest BCUT2D eigenvalue weighted by Crippen LogP contribution is 2.35. The number of anilines is 1. The molecule has 1 fully saturated rings. The van der Waals surface area contributed by atoms with Crippen LogP contribution in [0.2, 0.25) is 0 Å². The summed E-state index contributed by atoms with van der Waals surface area (Å²) in [7, 11) is 0. The third-order valence-corrected chi connectivity index (χ3v) is 6.88. The van der Waals surface area contributed by atoms with E-state index in [0.717, 1.165) is 55.1 Å². The number of likely N-dealkylation sites (tertiary alicyclic amines) is 1. The molecule has 192 valence electrons. The van der Waals surface area contributed by atoms with E-state index in [9.17, 15) is 0 Å². The van der Waals surface area contributed by atoms with E-state index in [4.69, 9.17) is 14.7 Å². The molecule has 0 bridgehead atoms. The Hall–Kier alpha value is -4.87. The van der Waals surface area contributed by atoms with Crippen molar-refractivity contribution in [1.82, 2.24) is 24.8 Å². The van der Waals surface area contributed by atoms with Gasteiger partial charge in [0.2, 0.25) is 11.7 Å². The number of oxazole rings is 1. The highest BCUT2D eigenvalue weighted by Gasteiger charge is 2.21. The van der Waals surface area contributed by atoms with Crippen LogP contribution in [0.5, 0.6) is 0 Å². The average molecular weight is 514 g/mol. The molecule has 5 aromatic rings. The molecule has 1 aliphatic heterocycles. The van der Waals surface area contributed by atoms with Gasteiger partial charge in [-0.05, 0) is 36.6 Å². The Kier molecular flexibility index (Phi) is 7.06. The molecule has 0 amide bonds. The minimum Gasteiger partial charge on any atom is -0.434 e. The second-order valence-corrected chi connectivity index (χ2v) is 9.55. The summed E-state index contributed by atoms with van der Waals surface area (Å²) in [6.45, 7) is 2.87. The second-order valence-electron chi connectivity index (χ2n) is 9.55. The van der Waals surface area contributed by atoms with Gasteiger partial charge in [0.25, 0.3) is 0 Å². The number of nitriles is 1. The molecule has 4 heterocycles. The van der Waals surface area contributed by atoms with Gasteiger partial charge in [0, 0.05) is 49.2 Å². The predicted octanol–water partition coefficient (Wildman–Crippen LogP) is 5.81. The summed E-state index contributed by atoms with van der Waals surface area (Å²) >= 11 is 0. The quantitative estimate of drug-likeness (QED) is 0.291. The molecule has 2 aromatic carbocycles. The smallest absolute Gasteiger partial charge is 0.246 e. The van der Waals surface area contributed by atoms with Gasteiger partial charge in [0.05, 0.1) is 0 Å². The number of hydrogen-bond acceptors (Lipinski definition) is 8. The Morgan fingerprint density at radius 2 is 1.64 bits per heavy atom. The summed E-state index contributed by atoms with van der Waals surface area (Å²) in [5.74, 6) is 2.15. The molecular weight excluding hydrogens is 486 g/mol. The van der Waals surface area contributed by atoms with Crippen LogP contribution in [0.4, 0.5) is 5.82 Å². The minimum atomic E-state index is 0.190.